The largest absolute Gasteiger partial charge is 0.481 e. The Labute approximate surface area is 133 Å². The average Bonchev–Trinajstić information content (AvgIpc) is 2.78. The van der Waals surface area contributed by atoms with Crippen molar-refractivity contribution in [2.24, 2.45) is 0 Å². The molecule has 2 aromatic rings. The number of carbonyl (C=O) groups excluding carboxylic acids is 1. The van der Waals surface area contributed by atoms with Crippen molar-refractivity contribution < 1.29 is 14.7 Å². The van der Waals surface area contributed by atoms with Gasteiger partial charge in [0, 0.05) is 5.69 Å². The molecule has 0 saturated heterocycles. The summed E-state index contributed by atoms with van der Waals surface area (Å²) in [7, 11) is 0. The predicted molar refractivity (Wildman–Crippen MR) is 86.6 cm³/mol. The van der Waals surface area contributed by atoms with Gasteiger partial charge in [-0.3, -0.25) is 9.59 Å². The summed E-state index contributed by atoms with van der Waals surface area (Å²) in [5.41, 5.74) is 1.06. The van der Waals surface area contributed by atoms with E-state index >= 15 is 0 Å². The number of hydrogen-bond acceptors (Lipinski definition) is 4. The van der Waals surface area contributed by atoms with E-state index in [1.54, 1.807) is 45.0 Å². The van der Waals surface area contributed by atoms with Gasteiger partial charge in [0.15, 0.2) is 0 Å². The highest BCUT2D eigenvalue weighted by Crippen LogP contribution is 2.25. The number of nitrogens with zero attached hydrogens (tertiary/aromatic N) is 1. The highest BCUT2D eigenvalue weighted by Gasteiger charge is 2.29. The normalized spacial score (nSPS) is 11.3. The Morgan fingerprint density at radius 2 is 1.77 bits per heavy atom. The number of aromatic nitrogens is 1. The second-order valence-corrected chi connectivity index (χ2v) is 6.81. The summed E-state index contributed by atoms with van der Waals surface area (Å²) in [6.45, 7) is 6.95. The number of rotatable bonds is 4. The van der Waals surface area contributed by atoms with Crippen molar-refractivity contribution in [2.45, 2.75) is 33.1 Å². The molecular formula is C16H18N2O3S. The minimum Gasteiger partial charge on any atom is -0.481 e. The molecule has 5 nitrogen and oxygen atoms in total. The predicted octanol–water partition coefficient (Wildman–Crippen LogP) is 3.37. The molecule has 0 radical (unpaired) electrons. The van der Waals surface area contributed by atoms with E-state index < -0.39 is 11.4 Å². The molecule has 0 saturated carbocycles. The number of carboxylic acids is 1. The maximum Gasteiger partial charge on any atom is 0.313 e. The number of carboxylic acid groups (broad SMARTS) is 1. The SMILES string of the molecule is Cc1nc(C)c(C(=O)Nc2ccc(C(C)(C)C(=O)O)cc2)s1. The lowest BCUT2D eigenvalue weighted by Crippen LogP contribution is -2.28. The third kappa shape index (κ3) is 3.17. The molecule has 0 aliphatic rings. The Morgan fingerprint density at radius 3 is 2.23 bits per heavy atom. The molecule has 22 heavy (non-hydrogen) atoms. The molecule has 0 bridgehead atoms. The van der Waals surface area contributed by atoms with Crippen molar-refractivity contribution in [1.29, 1.82) is 0 Å². The number of hydrogen-bond donors (Lipinski definition) is 2. The Bertz CT molecular complexity index is 717. The summed E-state index contributed by atoms with van der Waals surface area (Å²) >= 11 is 1.35. The molecule has 1 heterocycles. The first-order valence-corrected chi connectivity index (χ1v) is 7.63. The third-order valence-corrected chi connectivity index (χ3v) is 4.58. The van der Waals surface area contributed by atoms with Crippen LogP contribution in [0.15, 0.2) is 24.3 Å². The minimum absolute atomic E-state index is 0.201. The van der Waals surface area contributed by atoms with E-state index in [1.165, 1.54) is 11.3 Å². The fraction of sp³-hybridized carbons (Fsp3) is 0.312. The summed E-state index contributed by atoms with van der Waals surface area (Å²) in [5, 5.41) is 12.9. The molecule has 116 valence electrons. The molecule has 1 amide bonds. The first-order chi connectivity index (χ1) is 10.2. The average molecular weight is 318 g/mol. The molecule has 0 unspecified atom stereocenters. The van der Waals surface area contributed by atoms with Crippen LogP contribution in [0.5, 0.6) is 0 Å². The van der Waals surface area contributed by atoms with Gasteiger partial charge in [-0.25, -0.2) is 4.98 Å². The first kappa shape index (κ1) is 16.2. The molecule has 1 aromatic heterocycles. The van der Waals surface area contributed by atoms with Gasteiger partial charge in [0.1, 0.15) is 4.88 Å². The van der Waals surface area contributed by atoms with Crippen LogP contribution >= 0.6 is 11.3 Å². The van der Waals surface area contributed by atoms with Crippen molar-refractivity contribution in [3.63, 3.8) is 0 Å². The lowest BCUT2D eigenvalue weighted by molar-refractivity contribution is -0.142. The standard InChI is InChI=1S/C16H18N2O3S/c1-9-13(22-10(2)17-9)14(19)18-12-7-5-11(6-8-12)16(3,4)15(20)21/h5-8H,1-4H3,(H,18,19)(H,20,21). The fourth-order valence-electron chi connectivity index (χ4n) is 2.02. The van der Waals surface area contributed by atoms with Crippen molar-refractivity contribution >= 4 is 28.9 Å². The minimum atomic E-state index is -0.964. The summed E-state index contributed by atoms with van der Waals surface area (Å²) < 4.78 is 0. The van der Waals surface area contributed by atoms with E-state index in [9.17, 15) is 14.7 Å². The topological polar surface area (TPSA) is 79.3 Å². The number of anilines is 1. The highest BCUT2D eigenvalue weighted by molar-refractivity contribution is 7.13. The zero-order chi connectivity index (χ0) is 16.5. The summed E-state index contributed by atoms with van der Waals surface area (Å²) in [4.78, 5) is 28.3. The molecule has 0 atom stereocenters. The van der Waals surface area contributed by atoms with Crippen molar-refractivity contribution in [3.8, 4) is 0 Å². The lowest BCUT2D eigenvalue weighted by Gasteiger charge is -2.19. The number of aliphatic carboxylic acids is 1. The number of benzene rings is 1. The Morgan fingerprint density at radius 1 is 1.18 bits per heavy atom. The number of amides is 1. The Balaban J connectivity index is 2.17. The number of carbonyl (C=O) groups is 2. The van der Waals surface area contributed by atoms with E-state index in [-0.39, 0.29) is 5.91 Å². The summed E-state index contributed by atoms with van der Waals surface area (Å²) in [6, 6.07) is 6.85. The van der Waals surface area contributed by atoms with Gasteiger partial charge < -0.3 is 10.4 Å². The van der Waals surface area contributed by atoms with Crippen molar-refractivity contribution in [1.82, 2.24) is 4.98 Å². The monoisotopic (exact) mass is 318 g/mol. The van der Waals surface area contributed by atoms with Crippen LogP contribution < -0.4 is 5.32 Å². The van der Waals surface area contributed by atoms with E-state index in [4.69, 9.17) is 0 Å². The number of nitrogens with one attached hydrogen (secondary N) is 1. The smallest absolute Gasteiger partial charge is 0.313 e. The van der Waals surface area contributed by atoms with E-state index in [2.05, 4.69) is 10.3 Å². The molecule has 1 aromatic carbocycles. The fourth-order valence-corrected chi connectivity index (χ4v) is 2.84. The van der Waals surface area contributed by atoms with E-state index in [0.29, 0.717) is 21.8 Å². The van der Waals surface area contributed by atoms with Crippen molar-refractivity contribution in [2.75, 3.05) is 5.32 Å². The lowest BCUT2D eigenvalue weighted by atomic mass is 9.85. The van der Waals surface area contributed by atoms with Crippen LogP contribution in [0.25, 0.3) is 0 Å². The van der Waals surface area contributed by atoms with Gasteiger partial charge in [0.25, 0.3) is 5.91 Å². The quantitative estimate of drug-likeness (QED) is 0.906. The van der Waals surface area contributed by atoms with Crippen LogP contribution in [-0.4, -0.2) is 22.0 Å². The van der Waals surface area contributed by atoms with Gasteiger partial charge in [0.05, 0.1) is 16.1 Å². The zero-order valence-corrected chi connectivity index (χ0v) is 13.7. The van der Waals surface area contributed by atoms with Crippen LogP contribution in [0.4, 0.5) is 5.69 Å². The number of thiazole rings is 1. The molecule has 0 aliphatic carbocycles. The van der Waals surface area contributed by atoms with Crippen molar-refractivity contribution in [3.05, 3.63) is 45.4 Å². The second kappa shape index (κ2) is 5.88. The Hall–Kier alpha value is -2.21. The summed E-state index contributed by atoms with van der Waals surface area (Å²) in [5.74, 6) is -1.09. The van der Waals surface area contributed by atoms with Crippen LogP contribution in [-0.2, 0) is 10.2 Å². The molecule has 0 aliphatic heterocycles. The maximum absolute atomic E-state index is 12.2. The maximum atomic E-state index is 12.2. The van der Waals surface area contributed by atoms with Gasteiger partial charge >= 0.3 is 5.97 Å². The van der Waals surface area contributed by atoms with Crippen LogP contribution in [0, 0.1) is 13.8 Å². The summed E-state index contributed by atoms with van der Waals surface area (Å²) in [6.07, 6.45) is 0. The third-order valence-electron chi connectivity index (χ3n) is 3.51. The molecule has 2 N–H and O–H groups in total. The van der Waals surface area contributed by atoms with Crippen LogP contribution in [0.3, 0.4) is 0 Å². The molecule has 0 spiro atoms. The van der Waals surface area contributed by atoms with E-state index in [0.717, 1.165) is 5.01 Å². The molecule has 2 rings (SSSR count). The first-order valence-electron chi connectivity index (χ1n) is 6.81. The molecular weight excluding hydrogens is 300 g/mol. The van der Waals surface area contributed by atoms with Gasteiger partial charge in [-0.1, -0.05) is 12.1 Å². The molecule has 0 fully saturated rings. The van der Waals surface area contributed by atoms with Gasteiger partial charge in [-0.2, -0.15) is 0 Å². The van der Waals surface area contributed by atoms with Crippen LogP contribution in [0.2, 0.25) is 0 Å². The van der Waals surface area contributed by atoms with Gasteiger partial charge in [-0.05, 0) is 45.4 Å². The van der Waals surface area contributed by atoms with Crippen LogP contribution in [0.1, 0.15) is 39.8 Å². The Kier molecular flexibility index (Phi) is 4.32. The zero-order valence-electron chi connectivity index (χ0n) is 12.9. The van der Waals surface area contributed by atoms with Gasteiger partial charge in [-0.15, -0.1) is 11.3 Å². The van der Waals surface area contributed by atoms with E-state index in [1.807, 2.05) is 6.92 Å². The second-order valence-electron chi connectivity index (χ2n) is 5.61. The van der Waals surface area contributed by atoms with Gasteiger partial charge in [0.2, 0.25) is 0 Å². The molecule has 6 heteroatoms. The number of aryl methyl sites for hydroxylation is 2. The highest BCUT2D eigenvalue weighted by atomic mass is 32.1.